The summed E-state index contributed by atoms with van der Waals surface area (Å²) in [6.45, 7) is 6.29. The fourth-order valence-electron chi connectivity index (χ4n) is 3.19. The van der Waals surface area contributed by atoms with Gasteiger partial charge in [0.05, 0.1) is 5.75 Å². The topological polar surface area (TPSA) is 59.2 Å². The van der Waals surface area contributed by atoms with Gasteiger partial charge in [-0.05, 0) is 52.2 Å². The number of amides is 1. The van der Waals surface area contributed by atoms with Gasteiger partial charge < -0.3 is 9.32 Å². The molecule has 2 aromatic rings. The molecule has 1 amide bonds. The van der Waals surface area contributed by atoms with Gasteiger partial charge in [-0.1, -0.05) is 29.5 Å². The summed E-state index contributed by atoms with van der Waals surface area (Å²) in [6.07, 6.45) is 3.36. The van der Waals surface area contributed by atoms with Crippen LogP contribution in [0.25, 0.3) is 11.5 Å². The van der Waals surface area contributed by atoms with Crippen molar-refractivity contribution < 1.29 is 9.21 Å². The molecule has 0 spiro atoms. The molecule has 0 aliphatic carbocycles. The van der Waals surface area contributed by atoms with Crippen molar-refractivity contribution in [2.24, 2.45) is 0 Å². The summed E-state index contributed by atoms with van der Waals surface area (Å²) in [5, 5.41) is 8.56. The largest absolute Gasteiger partial charge is 0.411 e. The maximum Gasteiger partial charge on any atom is 0.277 e. The van der Waals surface area contributed by atoms with E-state index in [0.29, 0.717) is 29.0 Å². The molecule has 6 heteroatoms. The molecule has 5 nitrogen and oxygen atoms in total. The molecule has 0 radical (unpaired) electrons. The van der Waals surface area contributed by atoms with Gasteiger partial charge in [0.25, 0.3) is 5.22 Å². The van der Waals surface area contributed by atoms with E-state index in [2.05, 4.69) is 24.0 Å². The zero-order valence-electron chi connectivity index (χ0n) is 14.4. The second kappa shape index (κ2) is 7.38. The van der Waals surface area contributed by atoms with E-state index < -0.39 is 0 Å². The van der Waals surface area contributed by atoms with Gasteiger partial charge in [-0.15, -0.1) is 10.2 Å². The van der Waals surface area contributed by atoms with Crippen molar-refractivity contribution in [2.75, 3.05) is 5.75 Å². The molecule has 0 bridgehead atoms. The number of thioether (sulfide) groups is 1. The third-order valence-electron chi connectivity index (χ3n) is 4.51. The first kappa shape index (κ1) is 17.0. The van der Waals surface area contributed by atoms with E-state index in [9.17, 15) is 4.79 Å². The molecule has 1 aliphatic heterocycles. The van der Waals surface area contributed by atoms with Crippen LogP contribution < -0.4 is 0 Å². The van der Waals surface area contributed by atoms with Gasteiger partial charge in [0.1, 0.15) is 0 Å². The summed E-state index contributed by atoms with van der Waals surface area (Å²) in [5.41, 5.74) is 2.08. The Morgan fingerprint density at radius 1 is 1.21 bits per heavy atom. The highest BCUT2D eigenvalue weighted by molar-refractivity contribution is 7.99. The van der Waals surface area contributed by atoms with Crippen molar-refractivity contribution in [3.8, 4) is 11.5 Å². The highest BCUT2D eigenvalue weighted by Crippen LogP contribution is 2.26. The summed E-state index contributed by atoms with van der Waals surface area (Å²) < 4.78 is 5.67. The minimum Gasteiger partial charge on any atom is -0.411 e. The molecular formula is C18H23N3O2S. The zero-order chi connectivity index (χ0) is 17.1. The van der Waals surface area contributed by atoms with Crippen molar-refractivity contribution in [1.82, 2.24) is 15.1 Å². The van der Waals surface area contributed by atoms with Crippen LogP contribution in [-0.4, -0.2) is 38.8 Å². The number of aryl methyl sites for hydroxylation is 1. The maximum absolute atomic E-state index is 12.5. The standard InChI is InChI=1S/C18H23N3O2S/c1-12-7-9-15(10-8-12)17-19-20-18(23-17)24-11-16(22)21-13(2)5-4-6-14(21)3/h7-10,13-14H,4-6,11H2,1-3H3. The number of aromatic nitrogens is 2. The molecule has 1 aromatic heterocycles. The second-order valence-electron chi connectivity index (χ2n) is 6.46. The minimum absolute atomic E-state index is 0.148. The number of benzene rings is 1. The molecule has 2 unspecified atom stereocenters. The fourth-order valence-corrected chi connectivity index (χ4v) is 3.82. The van der Waals surface area contributed by atoms with Crippen LogP contribution in [0, 0.1) is 6.92 Å². The lowest BCUT2D eigenvalue weighted by molar-refractivity contribution is -0.134. The molecular weight excluding hydrogens is 322 g/mol. The van der Waals surface area contributed by atoms with Crippen LogP contribution in [0.1, 0.15) is 38.7 Å². The van der Waals surface area contributed by atoms with Gasteiger partial charge in [0.15, 0.2) is 0 Å². The lowest BCUT2D eigenvalue weighted by Crippen LogP contribution is -2.48. The third kappa shape index (κ3) is 3.80. The number of rotatable bonds is 4. The first-order valence-electron chi connectivity index (χ1n) is 8.39. The van der Waals surface area contributed by atoms with Gasteiger partial charge in [0.2, 0.25) is 11.8 Å². The monoisotopic (exact) mass is 345 g/mol. The first-order valence-corrected chi connectivity index (χ1v) is 9.37. The zero-order valence-corrected chi connectivity index (χ0v) is 15.2. The Hall–Kier alpha value is -1.82. The predicted molar refractivity (Wildman–Crippen MR) is 94.8 cm³/mol. The van der Waals surface area contributed by atoms with Gasteiger partial charge in [-0.3, -0.25) is 4.79 Å². The molecule has 0 N–H and O–H groups in total. The van der Waals surface area contributed by atoms with Crippen LogP contribution in [0.15, 0.2) is 33.9 Å². The Morgan fingerprint density at radius 2 is 1.88 bits per heavy atom. The normalized spacial score (nSPS) is 21.0. The van der Waals surface area contributed by atoms with E-state index in [0.717, 1.165) is 18.4 Å². The number of hydrogen-bond acceptors (Lipinski definition) is 5. The van der Waals surface area contributed by atoms with Crippen LogP contribution in [0.5, 0.6) is 0 Å². The highest BCUT2D eigenvalue weighted by Gasteiger charge is 2.29. The molecule has 1 fully saturated rings. The van der Waals surface area contributed by atoms with Gasteiger partial charge in [0, 0.05) is 17.6 Å². The number of piperidine rings is 1. The average Bonchev–Trinajstić information content (AvgIpc) is 3.02. The second-order valence-corrected chi connectivity index (χ2v) is 7.38. The van der Waals surface area contributed by atoms with E-state index in [1.54, 1.807) is 0 Å². The van der Waals surface area contributed by atoms with Gasteiger partial charge >= 0.3 is 0 Å². The van der Waals surface area contributed by atoms with Crippen molar-refractivity contribution in [1.29, 1.82) is 0 Å². The Labute approximate surface area is 146 Å². The minimum atomic E-state index is 0.148. The van der Waals surface area contributed by atoms with Crippen molar-refractivity contribution in [2.45, 2.75) is 57.3 Å². The molecule has 128 valence electrons. The van der Waals surface area contributed by atoms with E-state index in [1.807, 2.05) is 36.1 Å². The van der Waals surface area contributed by atoms with E-state index in [-0.39, 0.29) is 5.91 Å². The predicted octanol–water partition coefficient (Wildman–Crippen LogP) is 3.93. The molecule has 24 heavy (non-hydrogen) atoms. The smallest absolute Gasteiger partial charge is 0.277 e. The Bertz CT molecular complexity index is 689. The quantitative estimate of drug-likeness (QED) is 0.786. The Morgan fingerprint density at radius 3 is 2.54 bits per heavy atom. The van der Waals surface area contributed by atoms with Crippen molar-refractivity contribution in [3.05, 3.63) is 29.8 Å². The Balaban J connectivity index is 1.61. The number of hydrogen-bond donors (Lipinski definition) is 0. The summed E-state index contributed by atoms with van der Waals surface area (Å²) in [7, 11) is 0. The molecule has 3 rings (SSSR count). The molecule has 0 saturated carbocycles. The number of carbonyl (C=O) groups excluding carboxylic acids is 1. The first-order chi connectivity index (χ1) is 11.5. The molecule has 2 heterocycles. The maximum atomic E-state index is 12.5. The lowest BCUT2D eigenvalue weighted by Gasteiger charge is -2.39. The Kier molecular flexibility index (Phi) is 5.23. The van der Waals surface area contributed by atoms with Gasteiger partial charge in [-0.2, -0.15) is 0 Å². The third-order valence-corrected chi connectivity index (χ3v) is 5.31. The number of carbonyl (C=O) groups is 1. The van der Waals surface area contributed by atoms with Crippen LogP contribution in [-0.2, 0) is 4.79 Å². The highest BCUT2D eigenvalue weighted by atomic mass is 32.2. The lowest BCUT2D eigenvalue weighted by atomic mass is 9.98. The van der Waals surface area contributed by atoms with Crippen molar-refractivity contribution in [3.63, 3.8) is 0 Å². The summed E-state index contributed by atoms with van der Waals surface area (Å²) in [4.78, 5) is 14.5. The molecule has 1 aliphatic rings. The van der Waals surface area contributed by atoms with Crippen LogP contribution >= 0.6 is 11.8 Å². The molecule has 1 saturated heterocycles. The van der Waals surface area contributed by atoms with E-state index in [4.69, 9.17) is 4.42 Å². The summed E-state index contributed by atoms with van der Waals surface area (Å²) in [6, 6.07) is 8.56. The van der Waals surface area contributed by atoms with Crippen LogP contribution in [0.4, 0.5) is 0 Å². The van der Waals surface area contributed by atoms with Crippen LogP contribution in [0.3, 0.4) is 0 Å². The van der Waals surface area contributed by atoms with Crippen LogP contribution in [0.2, 0.25) is 0 Å². The summed E-state index contributed by atoms with van der Waals surface area (Å²) >= 11 is 1.31. The summed E-state index contributed by atoms with van der Waals surface area (Å²) in [5.74, 6) is 0.976. The average molecular weight is 345 g/mol. The molecule has 1 aromatic carbocycles. The van der Waals surface area contributed by atoms with Gasteiger partial charge in [-0.25, -0.2) is 0 Å². The van der Waals surface area contributed by atoms with Crippen molar-refractivity contribution >= 4 is 17.7 Å². The molecule has 2 atom stereocenters. The fraction of sp³-hybridized carbons (Fsp3) is 0.500. The van der Waals surface area contributed by atoms with E-state index >= 15 is 0 Å². The number of likely N-dealkylation sites (tertiary alicyclic amines) is 1. The SMILES string of the molecule is Cc1ccc(-c2nnc(SCC(=O)N3C(C)CCCC3C)o2)cc1. The number of nitrogens with zero attached hydrogens (tertiary/aromatic N) is 3. The van der Waals surface area contributed by atoms with E-state index in [1.165, 1.54) is 23.7 Å².